The van der Waals surface area contributed by atoms with Crippen LogP contribution in [0.5, 0.6) is 5.75 Å². The Hall–Kier alpha value is -0.540. The molecule has 1 N–H and O–H groups in total. The topological polar surface area (TPSA) is 21.3 Å². The fourth-order valence-electron chi connectivity index (χ4n) is 3.19. The van der Waals surface area contributed by atoms with Crippen LogP contribution in [0.2, 0.25) is 0 Å². The van der Waals surface area contributed by atoms with Crippen molar-refractivity contribution in [3.8, 4) is 5.75 Å². The van der Waals surface area contributed by atoms with Crippen LogP contribution in [0.3, 0.4) is 0 Å². The quantitative estimate of drug-likeness (QED) is 0.747. The summed E-state index contributed by atoms with van der Waals surface area (Å²) in [5, 5.41) is 3.46. The van der Waals surface area contributed by atoms with Crippen LogP contribution in [0.25, 0.3) is 0 Å². The molecule has 1 fully saturated rings. The van der Waals surface area contributed by atoms with Crippen LogP contribution < -0.4 is 10.1 Å². The Balaban J connectivity index is 1.97. The predicted octanol–water partition coefficient (Wildman–Crippen LogP) is 5.08. The van der Waals surface area contributed by atoms with E-state index in [0.717, 1.165) is 16.1 Å². The van der Waals surface area contributed by atoms with Gasteiger partial charge >= 0.3 is 0 Å². The van der Waals surface area contributed by atoms with Gasteiger partial charge in [-0.15, -0.1) is 0 Å². The Morgan fingerprint density at radius 2 is 2.10 bits per heavy atom. The number of rotatable bonds is 7. The zero-order valence-corrected chi connectivity index (χ0v) is 14.2. The molecule has 2 nitrogen and oxygen atoms in total. The number of halogens is 1. The first kappa shape index (κ1) is 15.8. The Labute approximate surface area is 131 Å². The Morgan fingerprint density at radius 3 is 2.70 bits per heavy atom. The van der Waals surface area contributed by atoms with Crippen molar-refractivity contribution < 1.29 is 4.74 Å². The maximum absolute atomic E-state index is 5.58. The minimum Gasteiger partial charge on any atom is -0.493 e. The van der Waals surface area contributed by atoms with Gasteiger partial charge in [0.05, 0.1) is 11.1 Å². The lowest BCUT2D eigenvalue weighted by Gasteiger charge is -2.20. The summed E-state index contributed by atoms with van der Waals surface area (Å²) in [6, 6.07) is 6.90. The number of nitrogens with one attached hydrogen (secondary N) is 1. The molecule has 0 aromatic heterocycles. The maximum atomic E-state index is 5.58. The van der Waals surface area contributed by atoms with Gasteiger partial charge in [0.25, 0.3) is 0 Å². The third-order valence-electron chi connectivity index (χ3n) is 4.34. The molecule has 112 valence electrons. The zero-order valence-electron chi connectivity index (χ0n) is 12.6. The predicted molar refractivity (Wildman–Crippen MR) is 88.3 cm³/mol. The minimum atomic E-state index is 0.447. The highest BCUT2D eigenvalue weighted by Gasteiger charge is 2.18. The highest BCUT2D eigenvalue weighted by atomic mass is 79.9. The van der Waals surface area contributed by atoms with E-state index in [4.69, 9.17) is 4.74 Å². The van der Waals surface area contributed by atoms with Crippen LogP contribution in [0, 0.1) is 5.92 Å². The summed E-state index contributed by atoms with van der Waals surface area (Å²) in [5.41, 5.74) is 1.35. The van der Waals surface area contributed by atoms with E-state index in [1.165, 1.54) is 44.1 Å². The summed E-state index contributed by atoms with van der Waals surface area (Å²) in [6.45, 7) is 2.72. The molecule has 0 spiro atoms. The Kier molecular flexibility index (Phi) is 6.37. The van der Waals surface area contributed by atoms with Crippen molar-refractivity contribution in [3.63, 3.8) is 0 Å². The van der Waals surface area contributed by atoms with Gasteiger partial charge in [0, 0.05) is 6.04 Å². The fourth-order valence-corrected chi connectivity index (χ4v) is 3.70. The van der Waals surface area contributed by atoms with Crippen molar-refractivity contribution in [2.75, 3.05) is 13.7 Å². The van der Waals surface area contributed by atoms with Crippen LogP contribution in [-0.4, -0.2) is 13.7 Å². The number of ether oxygens (including phenoxy) is 1. The van der Waals surface area contributed by atoms with Crippen molar-refractivity contribution in [1.82, 2.24) is 5.32 Å². The summed E-state index contributed by atoms with van der Waals surface area (Å²) in [4.78, 5) is 0. The van der Waals surface area contributed by atoms with Gasteiger partial charge in [-0.25, -0.2) is 0 Å². The van der Waals surface area contributed by atoms with Gasteiger partial charge in [0.2, 0.25) is 0 Å². The van der Waals surface area contributed by atoms with Crippen molar-refractivity contribution in [2.45, 2.75) is 51.5 Å². The average molecular weight is 340 g/mol. The third-order valence-corrected chi connectivity index (χ3v) is 4.96. The normalized spacial score (nSPS) is 17.4. The minimum absolute atomic E-state index is 0.447. The highest BCUT2D eigenvalue weighted by Crippen LogP contribution is 2.33. The second-order valence-electron chi connectivity index (χ2n) is 5.69. The maximum Gasteiger partial charge on any atom is 0.133 e. The van der Waals surface area contributed by atoms with E-state index in [9.17, 15) is 0 Å². The Morgan fingerprint density at radius 1 is 1.35 bits per heavy atom. The molecule has 0 bridgehead atoms. The molecule has 1 aliphatic rings. The van der Waals surface area contributed by atoms with Gasteiger partial charge in [-0.3, -0.25) is 0 Å². The van der Waals surface area contributed by atoms with Crippen LogP contribution in [0.1, 0.15) is 57.1 Å². The van der Waals surface area contributed by atoms with Crippen molar-refractivity contribution >= 4 is 15.9 Å². The smallest absolute Gasteiger partial charge is 0.133 e. The van der Waals surface area contributed by atoms with E-state index >= 15 is 0 Å². The second-order valence-corrected chi connectivity index (χ2v) is 6.55. The standard InChI is InChI=1S/C17H26BrNO/c1-3-20-17-11-9-14(12-15(17)18)16(19-2)10-8-13-6-4-5-7-13/h9,11-13,16,19H,3-8,10H2,1-2H3. The first-order valence-electron chi connectivity index (χ1n) is 7.84. The molecule has 1 aliphatic carbocycles. The van der Waals surface area contributed by atoms with Crippen LogP contribution >= 0.6 is 15.9 Å². The van der Waals surface area contributed by atoms with E-state index in [0.29, 0.717) is 12.6 Å². The first-order valence-corrected chi connectivity index (χ1v) is 8.63. The fraction of sp³-hybridized carbons (Fsp3) is 0.647. The Bertz CT molecular complexity index is 415. The third kappa shape index (κ3) is 4.23. The van der Waals surface area contributed by atoms with E-state index in [2.05, 4.69) is 46.5 Å². The molecule has 1 aromatic rings. The number of hydrogen-bond donors (Lipinski definition) is 1. The molecule has 1 atom stereocenters. The van der Waals surface area contributed by atoms with Crippen LogP contribution in [-0.2, 0) is 0 Å². The van der Waals surface area contributed by atoms with Gasteiger partial charge in [-0.05, 0) is 66.4 Å². The summed E-state index contributed by atoms with van der Waals surface area (Å²) in [7, 11) is 2.06. The molecule has 3 heteroatoms. The van der Waals surface area contributed by atoms with Gasteiger partial charge in [0.15, 0.2) is 0 Å². The zero-order chi connectivity index (χ0) is 14.4. The molecular weight excluding hydrogens is 314 g/mol. The lowest BCUT2D eigenvalue weighted by atomic mass is 9.95. The number of hydrogen-bond acceptors (Lipinski definition) is 2. The van der Waals surface area contributed by atoms with Crippen molar-refractivity contribution in [2.24, 2.45) is 5.92 Å². The molecule has 20 heavy (non-hydrogen) atoms. The monoisotopic (exact) mass is 339 g/mol. The summed E-state index contributed by atoms with van der Waals surface area (Å²) in [5.74, 6) is 1.89. The molecule has 0 amide bonds. The second kappa shape index (κ2) is 8.04. The summed E-state index contributed by atoms with van der Waals surface area (Å²) >= 11 is 3.61. The van der Waals surface area contributed by atoms with E-state index in [1.54, 1.807) is 0 Å². The SMILES string of the molecule is CCOc1ccc(C(CCC2CCCC2)NC)cc1Br. The van der Waals surface area contributed by atoms with Gasteiger partial charge in [-0.2, -0.15) is 0 Å². The van der Waals surface area contributed by atoms with Crippen molar-refractivity contribution in [1.29, 1.82) is 0 Å². The van der Waals surface area contributed by atoms with Gasteiger partial charge in [0.1, 0.15) is 5.75 Å². The average Bonchev–Trinajstić information content (AvgIpc) is 2.96. The van der Waals surface area contributed by atoms with Crippen molar-refractivity contribution in [3.05, 3.63) is 28.2 Å². The number of benzene rings is 1. The van der Waals surface area contributed by atoms with Crippen LogP contribution in [0.4, 0.5) is 0 Å². The molecule has 0 aliphatic heterocycles. The molecule has 1 saturated carbocycles. The van der Waals surface area contributed by atoms with Crippen LogP contribution in [0.15, 0.2) is 22.7 Å². The largest absolute Gasteiger partial charge is 0.493 e. The first-order chi connectivity index (χ1) is 9.74. The molecular formula is C17H26BrNO. The summed E-state index contributed by atoms with van der Waals surface area (Å²) in [6.07, 6.45) is 8.30. The highest BCUT2D eigenvalue weighted by molar-refractivity contribution is 9.10. The van der Waals surface area contributed by atoms with Gasteiger partial charge < -0.3 is 10.1 Å². The van der Waals surface area contributed by atoms with E-state index in [1.807, 2.05) is 6.92 Å². The lowest BCUT2D eigenvalue weighted by molar-refractivity contribution is 0.337. The molecule has 2 rings (SSSR count). The van der Waals surface area contributed by atoms with Gasteiger partial charge in [-0.1, -0.05) is 31.7 Å². The lowest BCUT2D eigenvalue weighted by Crippen LogP contribution is -2.17. The molecule has 1 aromatic carbocycles. The molecule has 0 saturated heterocycles. The molecule has 0 heterocycles. The van der Waals surface area contributed by atoms with E-state index in [-0.39, 0.29) is 0 Å². The summed E-state index contributed by atoms with van der Waals surface area (Å²) < 4.78 is 6.63. The molecule has 1 unspecified atom stereocenters. The van der Waals surface area contributed by atoms with E-state index < -0.39 is 0 Å². The molecule has 0 radical (unpaired) electrons.